The third-order valence-electron chi connectivity index (χ3n) is 3.09. The molecule has 3 aromatic rings. The third-order valence-corrected chi connectivity index (χ3v) is 3.88. The molecule has 0 spiro atoms. The smallest absolute Gasteiger partial charge is 0.316 e. The minimum Gasteiger partial charge on any atom is -0.455 e. The fourth-order valence-corrected chi connectivity index (χ4v) is 2.58. The molecule has 0 saturated carbocycles. The fraction of sp³-hybridized carbons (Fsp3) is 0.125. The molecule has 3 rings (SSSR count). The van der Waals surface area contributed by atoms with E-state index in [1.165, 1.54) is 0 Å². The van der Waals surface area contributed by atoms with Crippen molar-refractivity contribution in [3.8, 4) is 11.5 Å². The van der Waals surface area contributed by atoms with Gasteiger partial charge < -0.3 is 14.9 Å². The summed E-state index contributed by atoms with van der Waals surface area (Å²) in [4.78, 5) is 21.9. The monoisotopic (exact) mass is 343 g/mol. The summed E-state index contributed by atoms with van der Waals surface area (Å²) >= 11 is 1.03. The van der Waals surface area contributed by atoms with Crippen LogP contribution in [-0.4, -0.2) is 34.4 Å². The van der Waals surface area contributed by atoms with Gasteiger partial charge in [0.25, 0.3) is 11.1 Å². The number of fused-ring (bicyclic) bond motifs is 1. The molecule has 7 nitrogen and oxygen atoms in total. The molecule has 0 fully saturated rings. The van der Waals surface area contributed by atoms with Crippen LogP contribution < -0.4 is 5.73 Å². The van der Waals surface area contributed by atoms with Crippen LogP contribution in [0.4, 0.5) is 0 Å². The van der Waals surface area contributed by atoms with Crippen LogP contribution in [0.5, 0.6) is 0 Å². The maximum atomic E-state index is 11.4. The molecule has 2 N–H and O–H groups in total. The van der Waals surface area contributed by atoms with Gasteiger partial charge in [0.05, 0.1) is 0 Å². The minimum absolute atomic E-state index is 0.0490. The van der Waals surface area contributed by atoms with E-state index in [9.17, 15) is 9.59 Å². The molecule has 1 aromatic heterocycles. The number of carbonyl (C=O) groups excluding carboxylic acids is 2. The summed E-state index contributed by atoms with van der Waals surface area (Å²) in [6, 6.07) is 13.8. The molecule has 1 amide bonds. The predicted octanol–water partition coefficient (Wildman–Crippen LogP) is 2.01. The van der Waals surface area contributed by atoms with E-state index in [4.69, 9.17) is 10.2 Å². The topological polar surface area (TPSA) is 108 Å². The van der Waals surface area contributed by atoms with E-state index in [-0.39, 0.29) is 11.0 Å². The van der Waals surface area contributed by atoms with Gasteiger partial charge in [-0.15, -0.1) is 10.2 Å². The highest BCUT2D eigenvalue weighted by atomic mass is 32.2. The van der Waals surface area contributed by atoms with E-state index in [0.29, 0.717) is 5.89 Å². The maximum absolute atomic E-state index is 11.4. The molecule has 0 aliphatic rings. The molecule has 122 valence electrons. The van der Waals surface area contributed by atoms with Gasteiger partial charge in [-0.1, -0.05) is 42.1 Å². The Kier molecular flexibility index (Phi) is 4.76. The SMILES string of the molecule is NC(=O)COC(=O)CSc1nnc(-c2ccc3ccccc3c2)o1. The Morgan fingerprint density at radius 3 is 2.71 bits per heavy atom. The van der Waals surface area contributed by atoms with Gasteiger partial charge in [-0.05, 0) is 22.9 Å². The molecule has 2 aromatic carbocycles. The number of primary amides is 1. The second-order valence-corrected chi connectivity index (χ2v) is 5.78. The zero-order chi connectivity index (χ0) is 16.9. The van der Waals surface area contributed by atoms with Crippen molar-refractivity contribution in [2.24, 2.45) is 5.73 Å². The number of benzene rings is 2. The normalized spacial score (nSPS) is 10.7. The first-order valence-electron chi connectivity index (χ1n) is 7.01. The summed E-state index contributed by atoms with van der Waals surface area (Å²) in [5, 5.41) is 10.3. The number of aromatic nitrogens is 2. The Morgan fingerprint density at radius 1 is 1.12 bits per heavy atom. The molecule has 0 radical (unpaired) electrons. The second-order valence-electron chi connectivity index (χ2n) is 4.85. The third kappa shape index (κ3) is 3.90. The van der Waals surface area contributed by atoms with Gasteiger partial charge in [-0.2, -0.15) is 0 Å². The van der Waals surface area contributed by atoms with Gasteiger partial charge in [0, 0.05) is 5.56 Å². The van der Waals surface area contributed by atoms with Crippen LogP contribution in [0.1, 0.15) is 0 Å². The molecule has 0 aliphatic heterocycles. The number of hydrogen-bond donors (Lipinski definition) is 1. The lowest BCUT2D eigenvalue weighted by atomic mass is 10.1. The van der Waals surface area contributed by atoms with Crippen LogP contribution in [0.25, 0.3) is 22.2 Å². The van der Waals surface area contributed by atoms with Crippen LogP contribution in [-0.2, 0) is 14.3 Å². The number of hydrogen-bond acceptors (Lipinski definition) is 7. The molecule has 0 bridgehead atoms. The summed E-state index contributed by atoms with van der Waals surface area (Å²) in [6.45, 7) is -0.439. The Balaban J connectivity index is 1.66. The van der Waals surface area contributed by atoms with Crippen LogP contribution in [0.2, 0.25) is 0 Å². The molecular formula is C16H13N3O4S. The number of carbonyl (C=O) groups is 2. The van der Waals surface area contributed by atoms with Crippen molar-refractivity contribution in [2.75, 3.05) is 12.4 Å². The van der Waals surface area contributed by atoms with E-state index in [0.717, 1.165) is 28.1 Å². The van der Waals surface area contributed by atoms with Crippen molar-refractivity contribution in [3.63, 3.8) is 0 Å². The van der Waals surface area contributed by atoms with Crippen LogP contribution in [0, 0.1) is 0 Å². The lowest BCUT2D eigenvalue weighted by Crippen LogP contribution is -2.21. The minimum atomic E-state index is -0.704. The van der Waals surface area contributed by atoms with E-state index in [1.807, 2.05) is 42.5 Å². The maximum Gasteiger partial charge on any atom is 0.316 e. The van der Waals surface area contributed by atoms with Crippen molar-refractivity contribution in [3.05, 3.63) is 42.5 Å². The summed E-state index contributed by atoms with van der Waals surface area (Å²) in [7, 11) is 0. The highest BCUT2D eigenvalue weighted by Crippen LogP contribution is 2.26. The number of thioether (sulfide) groups is 1. The number of amides is 1. The average Bonchev–Trinajstić information content (AvgIpc) is 3.06. The van der Waals surface area contributed by atoms with Crippen molar-refractivity contribution in [2.45, 2.75) is 5.22 Å². The summed E-state index contributed by atoms with van der Waals surface area (Å²) in [5.41, 5.74) is 5.69. The van der Waals surface area contributed by atoms with E-state index in [1.54, 1.807) is 0 Å². The first kappa shape index (κ1) is 16.0. The molecule has 0 unspecified atom stereocenters. The van der Waals surface area contributed by atoms with Gasteiger partial charge in [-0.25, -0.2) is 0 Å². The molecule has 0 aliphatic carbocycles. The van der Waals surface area contributed by atoms with Crippen molar-refractivity contribution in [1.82, 2.24) is 10.2 Å². The molecule has 1 heterocycles. The molecule has 8 heteroatoms. The van der Waals surface area contributed by atoms with Crippen molar-refractivity contribution in [1.29, 1.82) is 0 Å². The summed E-state index contributed by atoms with van der Waals surface area (Å²) < 4.78 is 10.2. The Labute approximate surface area is 141 Å². The zero-order valence-electron chi connectivity index (χ0n) is 12.5. The van der Waals surface area contributed by atoms with Crippen LogP contribution in [0.15, 0.2) is 52.1 Å². The number of nitrogens with zero attached hydrogens (tertiary/aromatic N) is 2. The lowest BCUT2D eigenvalue weighted by molar-refractivity contribution is -0.145. The van der Waals surface area contributed by atoms with E-state index in [2.05, 4.69) is 14.9 Å². The first-order valence-corrected chi connectivity index (χ1v) is 8.00. The molecular weight excluding hydrogens is 330 g/mol. The Morgan fingerprint density at radius 2 is 1.92 bits per heavy atom. The Hall–Kier alpha value is -2.87. The van der Waals surface area contributed by atoms with Crippen LogP contribution >= 0.6 is 11.8 Å². The number of ether oxygens (including phenoxy) is 1. The van der Waals surface area contributed by atoms with Gasteiger partial charge in [0.15, 0.2) is 6.61 Å². The zero-order valence-corrected chi connectivity index (χ0v) is 13.3. The highest BCUT2D eigenvalue weighted by Gasteiger charge is 2.12. The molecule has 0 saturated heterocycles. The van der Waals surface area contributed by atoms with Gasteiger partial charge >= 0.3 is 5.97 Å². The molecule has 24 heavy (non-hydrogen) atoms. The van der Waals surface area contributed by atoms with Crippen molar-refractivity contribution >= 4 is 34.4 Å². The predicted molar refractivity (Wildman–Crippen MR) is 88.1 cm³/mol. The van der Waals surface area contributed by atoms with Crippen molar-refractivity contribution < 1.29 is 18.7 Å². The van der Waals surface area contributed by atoms with E-state index >= 15 is 0 Å². The van der Waals surface area contributed by atoms with Crippen LogP contribution in [0.3, 0.4) is 0 Å². The van der Waals surface area contributed by atoms with Gasteiger partial charge in [0.2, 0.25) is 5.89 Å². The average molecular weight is 343 g/mol. The van der Waals surface area contributed by atoms with Gasteiger partial charge in [-0.3, -0.25) is 9.59 Å². The first-order chi connectivity index (χ1) is 11.6. The number of nitrogens with two attached hydrogens (primary N) is 1. The quantitative estimate of drug-likeness (QED) is 0.538. The van der Waals surface area contributed by atoms with Gasteiger partial charge in [0.1, 0.15) is 5.75 Å². The standard InChI is InChI=1S/C16H13N3O4S/c17-13(20)8-22-14(21)9-24-16-19-18-15(23-16)12-6-5-10-3-1-2-4-11(10)7-12/h1-7H,8-9H2,(H2,17,20). The Bertz CT molecular complexity index is 894. The van der Waals surface area contributed by atoms with E-state index < -0.39 is 18.5 Å². The summed E-state index contributed by atoms with van der Waals surface area (Å²) in [5.74, 6) is -0.963. The highest BCUT2D eigenvalue weighted by molar-refractivity contribution is 7.99. The lowest BCUT2D eigenvalue weighted by Gasteiger charge is -2.00. The molecule has 0 atom stereocenters. The second kappa shape index (κ2) is 7.14. The summed E-state index contributed by atoms with van der Waals surface area (Å²) in [6.07, 6.45) is 0. The fourth-order valence-electron chi connectivity index (χ4n) is 2.02. The largest absolute Gasteiger partial charge is 0.455 e. The number of rotatable bonds is 6. The number of esters is 1.